The van der Waals surface area contributed by atoms with Crippen molar-refractivity contribution in [3.63, 3.8) is 0 Å². The van der Waals surface area contributed by atoms with E-state index in [1.807, 2.05) is 0 Å². The van der Waals surface area contributed by atoms with Crippen LogP contribution in [0, 0.1) is 0 Å². The van der Waals surface area contributed by atoms with E-state index in [9.17, 15) is 0 Å². The number of rotatable bonds is 8. The van der Waals surface area contributed by atoms with E-state index in [4.69, 9.17) is 0 Å². The van der Waals surface area contributed by atoms with Gasteiger partial charge in [-0.25, -0.2) is 0 Å². The first-order chi connectivity index (χ1) is 26.2. The van der Waals surface area contributed by atoms with E-state index in [-0.39, 0.29) is 0 Å². The Balaban J connectivity index is 1.03. The highest BCUT2D eigenvalue weighted by Gasteiger charge is 2.14. The Morgan fingerprint density at radius 3 is 0.755 bits per heavy atom. The molecule has 9 aromatic rings. The van der Waals surface area contributed by atoms with Gasteiger partial charge in [-0.1, -0.05) is 176 Å². The summed E-state index contributed by atoms with van der Waals surface area (Å²) in [4.78, 5) is 2.34. The second-order valence-electron chi connectivity index (χ2n) is 13.4. The number of benzene rings is 9. The van der Waals surface area contributed by atoms with E-state index in [2.05, 4.69) is 229 Å². The largest absolute Gasteiger partial charge is 0.311 e. The van der Waals surface area contributed by atoms with Crippen LogP contribution in [0.1, 0.15) is 0 Å². The van der Waals surface area contributed by atoms with E-state index in [0.717, 1.165) is 17.1 Å². The SMILES string of the molecule is c1ccc(-c2ccc(-c3ccc4ccc(-c5ccc(N(c6ccc(-c7ccccc7)cc6)c6ccc(-c7ccccc7)cc6)cc5)cc4c3)cc2)cc1. The molecule has 0 aliphatic carbocycles. The highest BCUT2D eigenvalue weighted by Crippen LogP contribution is 2.38. The lowest BCUT2D eigenvalue weighted by Crippen LogP contribution is -2.09. The smallest absolute Gasteiger partial charge is 0.0462 e. The number of anilines is 3. The zero-order valence-corrected chi connectivity index (χ0v) is 29.3. The van der Waals surface area contributed by atoms with Gasteiger partial charge in [0.05, 0.1) is 0 Å². The third-order valence-electron chi connectivity index (χ3n) is 10.1. The van der Waals surface area contributed by atoms with Gasteiger partial charge in [-0.2, -0.15) is 0 Å². The van der Waals surface area contributed by atoms with Crippen molar-refractivity contribution < 1.29 is 0 Å². The molecule has 1 heteroatoms. The van der Waals surface area contributed by atoms with Gasteiger partial charge in [0.2, 0.25) is 0 Å². The van der Waals surface area contributed by atoms with E-state index < -0.39 is 0 Å². The van der Waals surface area contributed by atoms with Crippen LogP contribution < -0.4 is 4.90 Å². The molecule has 250 valence electrons. The first-order valence-electron chi connectivity index (χ1n) is 18.2. The van der Waals surface area contributed by atoms with Crippen LogP contribution in [0.3, 0.4) is 0 Å². The number of fused-ring (bicyclic) bond motifs is 1. The first-order valence-corrected chi connectivity index (χ1v) is 18.2. The summed E-state index contributed by atoms with van der Waals surface area (Å²) in [5, 5.41) is 2.47. The highest BCUT2D eigenvalue weighted by molar-refractivity contribution is 5.91. The summed E-state index contributed by atoms with van der Waals surface area (Å²) in [6, 6.07) is 80.7. The van der Waals surface area contributed by atoms with Crippen LogP contribution in [-0.4, -0.2) is 0 Å². The summed E-state index contributed by atoms with van der Waals surface area (Å²) in [7, 11) is 0. The summed E-state index contributed by atoms with van der Waals surface area (Å²) in [5.41, 5.74) is 15.4. The Morgan fingerprint density at radius 2 is 0.434 bits per heavy atom. The Labute approximate surface area is 311 Å². The molecular weight excluding hydrogens is 639 g/mol. The molecule has 0 radical (unpaired) electrons. The minimum absolute atomic E-state index is 1.11. The standard InChI is InChI=1S/C52H37N/c1-4-10-38(11-5-1)41-16-18-44(19-17-41)47-22-20-46-21-23-48(37-49(46)36-47)45-28-34-52(35-29-45)53(50-30-24-42(25-31-50)39-12-6-2-7-13-39)51-32-26-43(27-33-51)40-14-8-3-9-15-40/h1-37H. The molecule has 0 bridgehead atoms. The van der Waals surface area contributed by atoms with Crippen LogP contribution in [0.4, 0.5) is 17.1 Å². The third-order valence-corrected chi connectivity index (χ3v) is 10.1. The summed E-state index contributed by atoms with van der Waals surface area (Å²) in [6.45, 7) is 0. The Hall–Kier alpha value is -6.96. The lowest BCUT2D eigenvalue weighted by atomic mass is 9.96. The fraction of sp³-hybridized carbons (Fsp3) is 0. The lowest BCUT2D eigenvalue weighted by molar-refractivity contribution is 1.28. The normalized spacial score (nSPS) is 11.0. The van der Waals surface area contributed by atoms with Crippen molar-refractivity contribution in [1.29, 1.82) is 0 Å². The molecule has 0 amide bonds. The van der Waals surface area contributed by atoms with Crippen LogP contribution in [-0.2, 0) is 0 Å². The minimum Gasteiger partial charge on any atom is -0.311 e. The molecular formula is C52H37N. The summed E-state index contributed by atoms with van der Waals surface area (Å²) >= 11 is 0. The van der Waals surface area contributed by atoms with E-state index >= 15 is 0 Å². The molecule has 0 saturated heterocycles. The van der Waals surface area contributed by atoms with Gasteiger partial charge in [0, 0.05) is 17.1 Å². The quantitative estimate of drug-likeness (QED) is 0.155. The molecule has 1 nitrogen and oxygen atoms in total. The van der Waals surface area contributed by atoms with Crippen LogP contribution in [0.25, 0.3) is 66.4 Å². The Kier molecular flexibility index (Phi) is 8.66. The number of hydrogen-bond acceptors (Lipinski definition) is 1. The van der Waals surface area contributed by atoms with Gasteiger partial charge in [0.15, 0.2) is 0 Å². The fourth-order valence-electron chi connectivity index (χ4n) is 7.21. The molecule has 0 fully saturated rings. The van der Waals surface area contributed by atoms with Gasteiger partial charge in [0.1, 0.15) is 0 Å². The maximum Gasteiger partial charge on any atom is 0.0462 e. The van der Waals surface area contributed by atoms with Gasteiger partial charge >= 0.3 is 0 Å². The van der Waals surface area contributed by atoms with Gasteiger partial charge in [-0.15, -0.1) is 0 Å². The molecule has 0 unspecified atom stereocenters. The zero-order chi connectivity index (χ0) is 35.4. The van der Waals surface area contributed by atoms with Gasteiger partial charge < -0.3 is 4.90 Å². The Bertz CT molecular complexity index is 2510. The lowest BCUT2D eigenvalue weighted by Gasteiger charge is -2.26. The number of nitrogens with zero attached hydrogens (tertiary/aromatic N) is 1. The molecule has 0 atom stereocenters. The molecule has 0 aliphatic heterocycles. The van der Waals surface area contributed by atoms with Crippen LogP contribution >= 0.6 is 0 Å². The molecule has 53 heavy (non-hydrogen) atoms. The topological polar surface area (TPSA) is 3.24 Å². The molecule has 0 saturated carbocycles. The second kappa shape index (κ2) is 14.3. The summed E-state index contributed by atoms with van der Waals surface area (Å²) in [6.07, 6.45) is 0. The van der Waals surface area contributed by atoms with Crippen molar-refractivity contribution in [2.24, 2.45) is 0 Å². The van der Waals surface area contributed by atoms with E-state index in [1.165, 1.54) is 66.4 Å². The van der Waals surface area contributed by atoms with Crippen molar-refractivity contribution in [1.82, 2.24) is 0 Å². The van der Waals surface area contributed by atoms with Gasteiger partial charge in [-0.05, 0) is 115 Å². The predicted molar refractivity (Wildman–Crippen MR) is 226 cm³/mol. The molecule has 0 spiro atoms. The molecule has 0 heterocycles. The second-order valence-corrected chi connectivity index (χ2v) is 13.4. The minimum atomic E-state index is 1.11. The van der Waals surface area contributed by atoms with Crippen molar-refractivity contribution in [3.8, 4) is 55.6 Å². The highest BCUT2D eigenvalue weighted by atomic mass is 15.1. The van der Waals surface area contributed by atoms with E-state index in [0.29, 0.717) is 0 Å². The number of hydrogen-bond donors (Lipinski definition) is 0. The Morgan fingerprint density at radius 1 is 0.189 bits per heavy atom. The third kappa shape index (κ3) is 6.77. The maximum absolute atomic E-state index is 2.34. The molecule has 9 rings (SSSR count). The molecule has 9 aromatic carbocycles. The average Bonchev–Trinajstić information content (AvgIpc) is 3.25. The fourth-order valence-corrected chi connectivity index (χ4v) is 7.21. The van der Waals surface area contributed by atoms with Crippen LogP contribution in [0.5, 0.6) is 0 Å². The maximum atomic E-state index is 2.34. The van der Waals surface area contributed by atoms with Gasteiger partial charge in [0.25, 0.3) is 0 Å². The molecule has 0 N–H and O–H groups in total. The van der Waals surface area contributed by atoms with Gasteiger partial charge in [-0.3, -0.25) is 0 Å². The van der Waals surface area contributed by atoms with Crippen molar-refractivity contribution in [2.75, 3.05) is 4.90 Å². The summed E-state index contributed by atoms with van der Waals surface area (Å²) < 4.78 is 0. The van der Waals surface area contributed by atoms with E-state index in [1.54, 1.807) is 0 Å². The molecule has 0 aromatic heterocycles. The first kappa shape index (κ1) is 32.0. The van der Waals surface area contributed by atoms with Crippen LogP contribution in [0.15, 0.2) is 224 Å². The monoisotopic (exact) mass is 675 g/mol. The van der Waals surface area contributed by atoms with Crippen LogP contribution in [0.2, 0.25) is 0 Å². The van der Waals surface area contributed by atoms with Crippen molar-refractivity contribution in [2.45, 2.75) is 0 Å². The average molecular weight is 676 g/mol. The predicted octanol–water partition coefficient (Wildman–Crippen LogP) is 14.6. The zero-order valence-electron chi connectivity index (χ0n) is 29.3. The molecule has 0 aliphatic rings. The van der Waals surface area contributed by atoms with Crippen molar-refractivity contribution in [3.05, 3.63) is 224 Å². The summed E-state index contributed by atoms with van der Waals surface area (Å²) in [5.74, 6) is 0. The van der Waals surface area contributed by atoms with Crippen molar-refractivity contribution >= 4 is 27.8 Å².